The van der Waals surface area contributed by atoms with Crippen molar-refractivity contribution in [2.75, 3.05) is 0 Å². The van der Waals surface area contributed by atoms with Crippen molar-refractivity contribution in [2.24, 2.45) is 0 Å². The van der Waals surface area contributed by atoms with Crippen LogP contribution in [0.5, 0.6) is 0 Å². The van der Waals surface area contributed by atoms with Crippen LogP contribution in [-0.2, 0) is 0 Å². The van der Waals surface area contributed by atoms with Gasteiger partial charge in [-0.1, -0.05) is 24.2 Å². The number of benzene rings is 1. The van der Waals surface area contributed by atoms with Gasteiger partial charge in [0.05, 0.1) is 5.02 Å². The third-order valence-corrected chi connectivity index (χ3v) is 1.79. The van der Waals surface area contributed by atoms with Crippen LogP contribution >= 0.6 is 11.6 Å². The molecule has 0 aromatic heterocycles. The summed E-state index contributed by atoms with van der Waals surface area (Å²) in [5.74, 6) is -0.969. The summed E-state index contributed by atoms with van der Waals surface area (Å²) < 4.78 is 12.8. The van der Waals surface area contributed by atoms with Gasteiger partial charge in [0, 0.05) is 5.56 Å². The molecule has 1 nitrogen and oxygen atoms in total. The first-order valence-corrected chi connectivity index (χ1v) is 3.65. The zero-order chi connectivity index (χ0) is 9.14. The minimum absolute atomic E-state index is 0.145. The van der Waals surface area contributed by atoms with Gasteiger partial charge in [-0.3, -0.25) is 4.79 Å². The fourth-order valence-electron chi connectivity index (χ4n) is 0.804. The molecule has 0 saturated carbocycles. The summed E-state index contributed by atoms with van der Waals surface area (Å²) in [6, 6.07) is 4.08. The Labute approximate surface area is 74.5 Å². The highest BCUT2D eigenvalue weighted by Gasteiger charge is 2.09. The lowest BCUT2D eigenvalue weighted by Gasteiger charge is -1.99. The summed E-state index contributed by atoms with van der Waals surface area (Å²) in [7, 11) is 0. The van der Waals surface area contributed by atoms with Crippen LogP contribution in [0, 0.1) is 5.82 Å². The molecule has 1 aromatic rings. The van der Waals surface area contributed by atoms with Crippen molar-refractivity contribution in [3.8, 4) is 0 Å². The van der Waals surface area contributed by atoms with Crippen LogP contribution in [0.15, 0.2) is 30.9 Å². The lowest BCUT2D eigenvalue weighted by atomic mass is 10.1. The lowest BCUT2D eigenvalue weighted by molar-refractivity contribution is 0.104. The Balaban J connectivity index is 3.25. The molecule has 0 N–H and O–H groups in total. The fraction of sp³-hybridized carbons (Fsp3) is 0. The quantitative estimate of drug-likeness (QED) is 0.510. The maximum Gasteiger partial charge on any atom is 0.186 e. The SMILES string of the molecule is C=CC(=O)c1cccc(F)c1Cl. The molecule has 0 heterocycles. The minimum atomic E-state index is -0.593. The maximum atomic E-state index is 12.8. The van der Waals surface area contributed by atoms with Crippen molar-refractivity contribution in [3.05, 3.63) is 47.3 Å². The molecule has 0 atom stereocenters. The van der Waals surface area contributed by atoms with Gasteiger partial charge in [0.1, 0.15) is 5.82 Å². The van der Waals surface area contributed by atoms with Gasteiger partial charge >= 0.3 is 0 Å². The maximum absolute atomic E-state index is 12.8. The van der Waals surface area contributed by atoms with E-state index < -0.39 is 5.82 Å². The third-order valence-electron chi connectivity index (χ3n) is 1.40. The van der Waals surface area contributed by atoms with Gasteiger partial charge in [0.15, 0.2) is 5.78 Å². The Morgan fingerprint density at radius 1 is 1.58 bits per heavy atom. The monoisotopic (exact) mass is 184 g/mol. The molecule has 0 fully saturated rings. The number of carbonyl (C=O) groups excluding carboxylic acids is 1. The number of carbonyl (C=O) groups is 1. The normalized spacial score (nSPS) is 9.50. The predicted octanol–water partition coefficient (Wildman–Crippen LogP) is 2.85. The molecule has 12 heavy (non-hydrogen) atoms. The topological polar surface area (TPSA) is 17.1 Å². The molecule has 1 rings (SSSR count). The van der Waals surface area contributed by atoms with E-state index in [-0.39, 0.29) is 16.4 Å². The zero-order valence-corrected chi connectivity index (χ0v) is 6.94. The van der Waals surface area contributed by atoms with Crippen LogP contribution < -0.4 is 0 Å². The van der Waals surface area contributed by atoms with E-state index >= 15 is 0 Å². The molecule has 0 radical (unpaired) electrons. The average Bonchev–Trinajstić information content (AvgIpc) is 2.08. The number of ketones is 1. The van der Waals surface area contributed by atoms with E-state index in [9.17, 15) is 9.18 Å². The molecule has 62 valence electrons. The first kappa shape index (κ1) is 8.94. The van der Waals surface area contributed by atoms with Gasteiger partial charge in [-0.15, -0.1) is 0 Å². The van der Waals surface area contributed by atoms with Crippen molar-refractivity contribution < 1.29 is 9.18 Å². The van der Waals surface area contributed by atoms with Crippen molar-refractivity contribution >= 4 is 17.4 Å². The molecule has 0 amide bonds. The summed E-state index contributed by atoms with van der Waals surface area (Å²) in [5, 5.41) is -0.151. The van der Waals surface area contributed by atoms with E-state index in [1.165, 1.54) is 18.2 Å². The van der Waals surface area contributed by atoms with Crippen molar-refractivity contribution in [1.29, 1.82) is 0 Å². The Morgan fingerprint density at radius 2 is 2.25 bits per heavy atom. The summed E-state index contributed by atoms with van der Waals surface area (Å²) in [5.41, 5.74) is 0.145. The van der Waals surface area contributed by atoms with Crippen LogP contribution in [0.3, 0.4) is 0 Å². The zero-order valence-electron chi connectivity index (χ0n) is 6.18. The molecule has 3 heteroatoms. The second-order valence-corrected chi connectivity index (χ2v) is 2.55. The molecule has 0 aliphatic carbocycles. The molecule has 0 unspecified atom stereocenters. The second kappa shape index (κ2) is 3.50. The average molecular weight is 185 g/mol. The largest absolute Gasteiger partial charge is 0.289 e. The van der Waals surface area contributed by atoms with Crippen LogP contribution in [-0.4, -0.2) is 5.78 Å². The molecular formula is C9H6ClFO. The number of allylic oxidation sites excluding steroid dienone is 1. The van der Waals surface area contributed by atoms with Crippen LogP contribution in [0.25, 0.3) is 0 Å². The standard InChI is InChI=1S/C9H6ClFO/c1-2-8(12)6-4-3-5-7(11)9(6)10/h2-5H,1H2. The van der Waals surface area contributed by atoms with E-state index in [1.54, 1.807) is 0 Å². The van der Waals surface area contributed by atoms with Crippen molar-refractivity contribution in [1.82, 2.24) is 0 Å². The first-order chi connectivity index (χ1) is 5.66. The summed E-state index contributed by atoms with van der Waals surface area (Å²) >= 11 is 5.52. The third kappa shape index (κ3) is 1.53. The number of hydrogen-bond donors (Lipinski definition) is 0. The summed E-state index contributed by atoms with van der Waals surface area (Å²) in [4.78, 5) is 11.0. The smallest absolute Gasteiger partial charge is 0.186 e. The minimum Gasteiger partial charge on any atom is -0.289 e. The van der Waals surface area contributed by atoms with E-state index in [1.807, 2.05) is 0 Å². The summed E-state index contributed by atoms with van der Waals surface area (Å²) in [6.07, 6.45) is 1.10. The van der Waals surface area contributed by atoms with Gasteiger partial charge in [-0.05, 0) is 18.2 Å². The van der Waals surface area contributed by atoms with E-state index in [2.05, 4.69) is 6.58 Å². The Morgan fingerprint density at radius 3 is 2.83 bits per heavy atom. The van der Waals surface area contributed by atoms with Crippen LogP contribution in [0.2, 0.25) is 5.02 Å². The Kier molecular flexibility index (Phi) is 2.61. The van der Waals surface area contributed by atoms with Crippen molar-refractivity contribution in [3.63, 3.8) is 0 Å². The fourth-order valence-corrected chi connectivity index (χ4v) is 1.02. The van der Waals surface area contributed by atoms with Crippen molar-refractivity contribution in [2.45, 2.75) is 0 Å². The van der Waals surface area contributed by atoms with E-state index in [4.69, 9.17) is 11.6 Å². The molecule has 1 aromatic carbocycles. The van der Waals surface area contributed by atoms with Crippen LogP contribution in [0.4, 0.5) is 4.39 Å². The van der Waals surface area contributed by atoms with Gasteiger partial charge in [0.25, 0.3) is 0 Å². The molecule has 0 saturated heterocycles. The molecule has 0 aliphatic heterocycles. The molecular weight excluding hydrogens is 179 g/mol. The number of halogens is 2. The molecule has 0 aliphatic rings. The Bertz CT molecular complexity index is 333. The first-order valence-electron chi connectivity index (χ1n) is 3.27. The summed E-state index contributed by atoms with van der Waals surface area (Å²) in [6.45, 7) is 3.28. The van der Waals surface area contributed by atoms with E-state index in [0.29, 0.717) is 0 Å². The highest BCUT2D eigenvalue weighted by atomic mass is 35.5. The predicted molar refractivity (Wildman–Crippen MR) is 45.9 cm³/mol. The highest BCUT2D eigenvalue weighted by Crippen LogP contribution is 2.19. The van der Waals surface area contributed by atoms with Gasteiger partial charge in [-0.2, -0.15) is 0 Å². The lowest BCUT2D eigenvalue weighted by Crippen LogP contribution is -1.96. The van der Waals surface area contributed by atoms with Crippen LogP contribution in [0.1, 0.15) is 10.4 Å². The molecule has 0 bridgehead atoms. The van der Waals surface area contributed by atoms with E-state index in [0.717, 1.165) is 6.08 Å². The second-order valence-electron chi connectivity index (χ2n) is 2.17. The number of hydrogen-bond acceptors (Lipinski definition) is 1. The van der Waals surface area contributed by atoms with Gasteiger partial charge in [0.2, 0.25) is 0 Å². The van der Waals surface area contributed by atoms with Gasteiger partial charge in [-0.25, -0.2) is 4.39 Å². The Hall–Kier alpha value is -1.15. The van der Waals surface area contributed by atoms with Gasteiger partial charge < -0.3 is 0 Å². The molecule has 0 spiro atoms. The number of rotatable bonds is 2. The highest BCUT2D eigenvalue weighted by molar-refractivity contribution is 6.34.